The summed E-state index contributed by atoms with van der Waals surface area (Å²) in [5.41, 5.74) is 0.897. The van der Waals surface area contributed by atoms with Crippen LogP contribution in [0.1, 0.15) is 5.56 Å². The number of aliphatic hydroxyl groups excluding tert-OH is 1. The van der Waals surface area contributed by atoms with Crippen molar-refractivity contribution in [3.63, 3.8) is 0 Å². The van der Waals surface area contributed by atoms with Crippen molar-refractivity contribution >= 4 is 0 Å². The smallest absolute Gasteiger partial charge is 0.170 e. The van der Waals surface area contributed by atoms with Gasteiger partial charge < -0.3 is 14.6 Å². The number of para-hydroxylation sites is 2. The van der Waals surface area contributed by atoms with Crippen LogP contribution in [0.15, 0.2) is 91.2 Å². The van der Waals surface area contributed by atoms with Gasteiger partial charge in [-0.15, -0.1) is 0 Å². The van der Waals surface area contributed by atoms with E-state index in [1.54, 1.807) is 0 Å². The second-order valence-corrected chi connectivity index (χ2v) is 5.35. The lowest BCUT2D eigenvalue weighted by molar-refractivity contribution is 0.399. The Morgan fingerprint density at radius 1 is 0.750 bits per heavy atom. The number of aliphatic hydroxyl groups is 1. The minimum atomic E-state index is 0.109. The molecular weight excluding hydrogens is 300 g/mol. The van der Waals surface area contributed by atoms with E-state index in [1.807, 2.05) is 78.9 Å². The van der Waals surface area contributed by atoms with E-state index in [9.17, 15) is 5.11 Å². The average molecular weight is 318 g/mol. The summed E-state index contributed by atoms with van der Waals surface area (Å²) in [5, 5.41) is 9.42. The molecule has 0 saturated carbocycles. The van der Waals surface area contributed by atoms with Gasteiger partial charge in [0.15, 0.2) is 11.5 Å². The summed E-state index contributed by atoms with van der Waals surface area (Å²) in [6.07, 6.45) is 0.372. The molecular formula is C21H18O3. The van der Waals surface area contributed by atoms with Gasteiger partial charge in [0.2, 0.25) is 0 Å². The van der Waals surface area contributed by atoms with Gasteiger partial charge in [-0.2, -0.15) is 0 Å². The minimum absolute atomic E-state index is 0.109. The molecule has 0 spiro atoms. The summed E-state index contributed by atoms with van der Waals surface area (Å²) in [7, 11) is 0. The fourth-order valence-corrected chi connectivity index (χ4v) is 2.29. The van der Waals surface area contributed by atoms with E-state index in [0.717, 1.165) is 17.1 Å². The second-order valence-electron chi connectivity index (χ2n) is 5.35. The molecule has 0 heterocycles. The molecule has 0 aliphatic heterocycles. The third-order valence-electron chi connectivity index (χ3n) is 3.36. The van der Waals surface area contributed by atoms with Crippen molar-refractivity contribution < 1.29 is 14.6 Å². The van der Waals surface area contributed by atoms with E-state index >= 15 is 0 Å². The second kappa shape index (κ2) is 7.38. The molecule has 3 aromatic carbocycles. The molecule has 0 radical (unpaired) electrons. The van der Waals surface area contributed by atoms with E-state index in [1.165, 1.54) is 0 Å². The summed E-state index contributed by atoms with van der Waals surface area (Å²) in [4.78, 5) is 0. The Morgan fingerprint density at radius 2 is 1.29 bits per heavy atom. The Morgan fingerprint density at radius 3 is 1.83 bits per heavy atom. The first-order chi connectivity index (χ1) is 11.7. The number of benzene rings is 3. The maximum absolute atomic E-state index is 9.42. The van der Waals surface area contributed by atoms with Crippen LogP contribution in [0.5, 0.6) is 23.0 Å². The van der Waals surface area contributed by atoms with Crippen LogP contribution in [0.4, 0.5) is 0 Å². The zero-order chi connectivity index (χ0) is 16.8. The van der Waals surface area contributed by atoms with Crippen LogP contribution in [-0.4, -0.2) is 5.11 Å². The quantitative estimate of drug-likeness (QED) is 0.576. The molecule has 0 aromatic heterocycles. The van der Waals surface area contributed by atoms with Crippen molar-refractivity contribution in [2.45, 2.75) is 6.42 Å². The number of rotatable bonds is 6. The van der Waals surface area contributed by atoms with Crippen LogP contribution >= 0.6 is 0 Å². The van der Waals surface area contributed by atoms with E-state index in [2.05, 4.69) is 6.58 Å². The van der Waals surface area contributed by atoms with Gasteiger partial charge in [-0.3, -0.25) is 0 Å². The van der Waals surface area contributed by atoms with Gasteiger partial charge >= 0.3 is 0 Å². The summed E-state index contributed by atoms with van der Waals surface area (Å²) in [5.74, 6) is 2.75. The number of ether oxygens (including phenoxy) is 2. The monoisotopic (exact) mass is 318 g/mol. The Hall–Kier alpha value is -3.20. The Kier molecular flexibility index (Phi) is 4.82. The highest BCUT2D eigenvalue weighted by Crippen LogP contribution is 2.35. The van der Waals surface area contributed by atoms with Gasteiger partial charge in [-0.25, -0.2) is 0 Å². The average Bonchev–Trinajstić information content (AvgIpc) is 2.59. The molecule has 0 amide bonds. The van der Waals surface area contributed by atoms with Gasteiger partial charge in [0.25, 0.3) is 0 Å². The molecule has 0 fully saturated rings. The molecule has 0 unspecified atom stereocenters. The topological polar surface area (TPSA) is 38.7 Å². The maximum Gasteiger partial charge on any atom is 0.170 e. The van der Waals surface area contributed by atoms with E-state index in [-0.39, 0.29) is 5.76 Å². The molecule has 0 aliphatic rings. The van der Waals surface area contributed by atoms with Crippen LogP contribution in [-0.2, 0) is 6.42 Å². The fourth-order valence-electron chi connectivity index (χ4n) is 2.29. The van der Waals surface area contributed by atoms with Gasteiger partial charge in [0.1, 0.15) is 11.5 Å². The summed E-state index contributed by atoms with van der Waals surface area (Å²) in [6, 6.07) is 24.6. The summed E-state index contributed by atoms with van der Waals surface area (Å²) >= 11 is 0. The molecule has 3 heteroatoms. The molecule has 0 bridgehead atoms. The third kappa shape index (κ3) is 4.17. The zero-order valence-electron chi connectivity index (χ0n) is 13.2. The minimum Gasteiger partial charge on any atom is -0.513 e. The van der Waals surface area contributed by atoms with Gasteiger partial charge in [-0.05, 0) is 42.0 Å². The van der Waals surface area contributed by atoms with Crippen molar-refractivity contribution in [3.05, 3.63) is 96.8 Å². The first kappa shape index (κ1) is 15.7. The number of allylic oxidation sites excluding steroid dienone is 1. The Bertz CT molecular complexity index is 811. The van der Waals surface area contributed by atoms with Crippen molar-refractivity contribution in [1.82, 2.24) is 0 Å². The maximum atomic E-state index is 9.42. The molecule has 0 atom stereocenters. The van der Waals surface area contributed by atoms with Crippen molar-refractivity contribution in [2.24, 2.45) is 0 Å². The van der Waals surface area contributed by atoms with E-state index < -0.39 is 0 Å². The highest BCUT2D eigenvalue weighted by Gasteiger charge is 2.10. The van der Waals surface area contributed by atoms with E-state index in [0.29, 0.717) is 17.9 Å². The fraction of sp³-hybridized carbons (Fsp3) is 0.0476. The molecule has 3 rings (SSSR count). The van der Waals surface area contributed by atoms with Gasteiger partial charge in [-0.1, -0.05) is 49.0 Å². The van der Waals surface area contributed by atoms with Gasteiger partial charge in [0, 0.05) is 6.42 Å². The van der Waals surface area contributed by atoms with Crippen LogP contribution in [0.2, 0.25) is 0 Å². The van der Waals surface area contributed by atoms with Crippen LogP contribution < -0.4 is 9.47 Å². The largest absolute Gasteiger partial charge is 0.513 e. The standard InChI is InChI=1S/C21H18O3/c1-16(22)14-17-12-13-20(23-18-8-4-2-5-9-18)21(15-17)24-19-10-6-3-7-11-19/h2-13,15,22H,1,14H2. The lowest BCUT2D eigenvalue weighted by atomic mass is 10.1. The molecule has 24 heavy (non-hydrogen) atoms. The number of hydrogen-bond acceptors (Lipinski definition) is 3. The number of hydrogen-bond donors (Lipinski definition) is 1. The predicted octanol–water partition coefficient (Wildman–Crippen LogP) is 5.89. The van der Waals surface area contributed by atoms with Crippen LogP contribution in [0.25, 0.3) is 0 Å². The lowest BCUT2D eigenvalue weighted by Crippen LogP contribution is -1.94. The van der Waals surface area contributed by atoms with Crippen LogP contribution in [0.3, 0.4) is 0 Å². The van der Waals surface area contributed by atoms with Crippen molar-refractivity contribution in [2.75, 3.05) is 0 Å². The molecule has 1 N–H and O–H groups in total. The molecule has 3 aromatic rings. The van der Waals surface area contributed by atoms with Crippen molar-refractivity contribution in [3.8, 4) is 23.0 Å². The summed E-state index contributed by atoms with van der Waals surface area (Å²) in [6.45, 7) is 3.54. The molecule has 0 saturated heterocycles. The Labute approximate surface area is 141 Å². The van der Waals surface area contributed by atoms with E-state index in [4.69, 9.17) is 9.47 Å². The normalized spacial score (nSPS) is 10.2. The zero-order valence-corrected chi connectivity index (χ0v) is 13.2. The lowest BCUT2D eigenvalue weighted by Gasteiger charge is -2.14. The molecule has 3 nitrogen and oxygen atoms in total. The SMILES string of the molecule is C=C(O)Cc1ccc(Oc2ccccc2)c(Oc2ccccc2)c1. The predicted molar refractivity (Wildman–Crippen MR) is 94.9 cm³/mol. The highest BCUT2D eigenvalue weighted by molar-refractivity contribution is 5.48. The molecule has 120 valence electrons. The highest BCUT2D eigenvalue weighted by atomic mass is 16.5. The third-order valence-corrected chi connectivity index (χ3v) is 3.36. The Balaban J connectivity index is 1.92. The van der Waals surface area contributed by atoms with Crippen LogP contribution in [0, 0.1) is 0 Å². The van der Waals surface area contributed by atoms with Gasteiger partial charge in [0.05, 0.1) is 5.76 Å². The molecule has 0 aliphatic carbocycles. The first-order valence-electron chi connectivity index (χ1n) is 7.66. The summed E-state index contributed by atoms with van der Waals surface area (Å²) < 4.78 is 11.9. The first-order valence-corrected chi connectivity index (χ1v) is 7.66. The van der Waals surface area contributed by atoms with Crippen molar-refractivity contribution in [1.29, 1.82) is 0 Å².